The monoisotopic (exact) mass is 1170 g/mol. The summed E-state index contributed by atoms with van der Waals surface area (Å²) in [6.07, 6.45) is 0.184. The maximum atomic E-state index is 14.0. The highest BCUT2D eigenvalue weighted by molar-refractivity contribution is 7.47. The standard InChI is InChI=1S/C56H101O23P/c1-3-5-7-9-11-13-15-17-19-21-22-24-26-28-30-32-41(59)72-36-38(74-42(60)33-31-29-27-25-23-20-18-16-14-12-10-8-6-4-2)37-73-80(70,71)79-54-52(77-55-50(68)45(63)43(61)39(34-57)75-55)48(66)47(65)49(67)53(54)78-56-51(69)46(64)44(62)40(35-58)76-56/h13,15,20,23,38-40,43-58,61-69H,3-12,14,16-19,21-22,24-37H2,1-2H3,(H,70,71)/b15-13-,23-20-. The van der Waals surface area contributed by atoms with Crippen LogP contribution in [0.2, 0.25) is 0 Å². The number of phosphoric ester groups is 1. The Hall–Kier alpha value is -2.07. The number of rotatable bonds is 43. The number of carbonyl (C=O) groups is 2. The van der Waals surface area contributed by atoms with Crippen LogP contribution in [0.4, 0.5) is 0 Å². The van der Waals surface area contributed by atoms with Crippen LogP contribution in [0.3, 0.4) is 0 Å². The zero-order valence-electron chi connectivity index (χ0n) is 47.3. The Morgan fingerprint density at radius 2 is 0.825 bits per heavy atom. The molecule has 1 aliphatic carbocycles. The van der Waals surface area contributed by atoms with E-state index in [0.717, 1.165) is 77.0 Å². The van der Waals surface area contributed by atoms with Crippen molar-refractivity contribution in [3.05, 3.63) is 24.3 Å². The lowest BCUT2D eigenvalue weighted by atomic mass is 9.84. The normalized spacial score (nSPS) is 31.4. The minimum absolute atomic E-state index is 0.0452. The van der Waals surface area contributed by atoms with E-state index in [1.165, 1.54) is 64.2 Å². The van der Waals surface area contributed by atoms with Gasteiger partial charge in [-0.1, -0.05) is 134 Å². The summed E-state index contributed by atoms with van der Waals surface area (Å²) in [5.41, 5.74) is 0. The summed E-state index contributed by atoms with van der Waals surface area (Å²) < 4.78 is 58.1. The molecule has 12 N–H and O–H groups in total. The van der Waals surface area contributed by atoms with Crippen molar-refractivity contribution < 1.29 is 113 Å². The van der Waals surface area contributed by atoms with E-state index in [0.29, 0.717) is 19.3 Å². The van der Waals surface area contributed by atoms with Crippen LogP contribution >= 0.6 is 7.82 Å². The average molecular weight is 1170 g/mol. The molecule has 16 unspecified atom stereocenters. The molecule has 24 heteroatoms. The van der Waals surface area contributed by atoms with Crippen molar-refractivity contribution in [1.82, 2.24) is 0 Å². The topological polar surface area (TPSA) is 368 Å². The van der Waals surface area contributed by atoms with Crippen LogP contribution < -0.4 is 0 Å². The average Bonchev–Trinajstić information content (AvgIpc) is 3.53. The van der Waals surface area contributed by atoms with Crippen LogP contribution in [-0.4, -0.2) is 204 Å². The van der Waals surface area contributed by atoms with E-state index in [2.05, 4.69) is 38.2 Å². The second-order valence-corrected chi connectivity index (χ2v) is 22.9. The van der Waals surface area contributed by atoms with Crippen LogP contribution in [-0.2, 0) is 51.6 Å². The third-order valence-corrected chi connectivity index (χ3v) is 15.7. The molecule has 0 aromatic heterocycles. The predicted octanol–water partition coefficient (Wildman–Crippen LogP) is 4.10. The summed E-state index contributed by atoms with van der Waals surface area (Å²) in [4.78, 5) is 37.5. The van der Waals surface area contributed by atoms with Crippen molar-refractivity contribution in [2.75, 3.05) is 26.4 Å². The van der Waals surface area contributed by atoms with Crippen molar-refractivity contribution in [3.8, 4) is 0 Å². The number of hydrogen-bond donors (Lipinski definition) is 12. The Kier molecular flexibility index (Phi) is 37.1. The maximum absolute atomic E-state index is 14.0. The largest absolute Gasteiger partial charge is 0.472 e. The molecule has 3 rings (SSSR count). The van der Waals surface area contributed by atoms with Gasteiger partial charge in [-0.2, -0.15) is 0 Å². The van der Waals surface area contributed by atoms with E-state index in [4.69, 9.17) is 37.5 Å². The molecule has 0 aromatic carbocycles. The van der Waals surface area contributed by atoms with E-state index in [1.807, 2.05) is 0 Å². The number of allylic oxidation sites excluding steroid dienone is 4. The fourth-order valence-corrected chi connectivity index (χ4v) is 10.7. The first-order chi connectivity index (χ1) is 38.4. The van der Waals surface area contributed by atoms with Crippen molar-refractivity contribution in [2.45, 2.75) is 291 Å². The Balaban J connectivity index is 1.71. The van der Waals surface area contributed by atoms with E-state index in [9.17, 15) is 75.2 Å². The molecule has 0 spiro atoms. The number of hydrogen-bond acceptors (Lipinski definition) is 22. The van der Waals surface area contributed by atoms with Crippen molar-refractivity contribution in [1.29, 1.82) is 0 Å². The number of carbonyl (C=O) groups excluding carboxylic acids is 2. The predicted molar refractivity (Wildman–Crippen MR) is 291 cm³/mol. The van der Waals surface area contributed by atoms with Gasteiger partial charge in [0.1, 0.15) is 92.1 Å². The zero-order chi connectivity index (χ0) is 58.9. The lowest BCUT2D eigenvalue weighted by Crippen LogP contribution is -2.69. The van der Waals surface area contributed by atoms with Gasteiger partial charge < -0.3 is 89.5 Å². The molecule has 80 heavy (non-hydrogen) atoms. The van der Waals surface area contributed by atoms with Crippen LogP contribution in [0.5, 0.6) is 0 Å². The maximum Gasteiger partial charge on any atom is 0.472 e. The molecular formula is C56H101O23P. The minimum Gasteiger partial charge on any atom is -0.462 e. The molecule has 2 heterocycles. The number of phosphoric acid groups is 1. The molecule has 0 bridgehead atoms. The zero-order valence-corrected chi connectivity index (χ0v) is 48.2. The van der Waals surface area contributed by atoms with Gasteiger partial charge in [-0.3, -0.25) is 18.6 Å². The lowest BCUT2D eigenvalue weighted by molar-refractivity contribution is -0.360. The summed E-state index contributed by atoms with van der Waals surface area (Å²) in [7, 11) is -5.64. The van der Waals surface area contributed by atoms with Gasteiger partial charge in [-0.15, -0.1) is 0 Å². The molecule has 3 fully saturated rings. The first kappa shape index (κ1) is 72.2. The van der Waals surface area contributed by atoms with Gasteiger partial charge in [0.05, 0.1) is 19.8 Å². The summed E-state index contributed by atoms with van der Waals surface area (Å²) in [5.74, 6) is -1.36. The first-order valence-corrected chi connectivity index (χ1v) is 31.2. The van der Waals surface area contributed by atoms with Gasteiger partial charge in [-0.05, 0) is 64.2 Å². The number of esters is 2. The van der Waals surface area contributed by atoms with Gasteiger partial charge >= 0.3 is 19.8 Å². The van der Waals surface area contributed by atoms with Crippen LogP contribution in [0.25, 0.3) is 0 Å². The molecular weight excluding hydrogens is 1070 g/mol. The molecule has 1 saturated carbocycles. The van der Waals surface area contributed by atoms with Crippen molar-refractivity contribution in [3.63, 3.8) is 0 Å². The van der Waals surface area contributed by atoms with E-state index >= 15 is 0 Å². The van der Waals surface area contributed by atoms with Crippen LogP contribution in [0.15, 0.2) is 24.3 Å². The third-order valence-electron chi connectivity index (χ3n) is 14.7. The lowest BCUT2D eigenvalue weighted by Gasteiger charge is -2.49. The summed E-state index contributed by atoms with van der Waals surface area (Å²) in [6.45, 7) is 0.970. The quantitative estimate of drug-likeness (QED) is 0.0177. The molecule has 0 amide bonds. The number of aliphatic hydroxyl groups is 11. The fourth-order valence-electron chi connectivity index (χ4n) is 9.76. The smallest absolute Gasteiger partial charge is 0.462 e. The summed E-state index contributed by atoms with van der Waals surface area (Å²) in [5, 5.41) is 117. The highest BCUT2D eigenvalue weighted by Crippen LogP contribution is 2.49. The van der Waals surface area contributed by atoms with E-state index in [-0.39, 0.29) is 12.8 Å². The Morgan fingerprint density at radius 1 is 0.463 bits per heavy atom. The number of ether oxygens (including phenoxy) is 6. The minimum atomic E-state index is -5.64. The summed E-state index contributed by atoms with van der Waals surface area (Å²) in [6, 6.07) is 0. The highest BCUT2D eigenvalue weighted by Gasteiger charge is 2.58. The first-order valence-electron chi connectivity index (χ1n) is 29.7. The van der Waals surface area contributed by atoms with Gasteiger partial charge in [0.25, 0.3) is 0 Å². The molecule has 23 nitrogen and oxygen atoms in total. The number of aliphatic hydroxyl groups excluding tert-OH is 11. The molecule has 3 aliphatic rings. The molecule has 0 radical (unpaired) electrons. The molecule has 2 aliphatic heterocycles. The molecule has 468 valence electrons. The number of unbranched alkanes of at least 4 members (excludes halogenated alkanes) is 21. The van der Waals surface area contributed by atoms with E-state index < -0.39 is 150 Å². The Bertz CT molecular complexity index is 1690. The van der Waals surface area contributed by atoms with Gasteiger partial charge in [0, 0.05) is 12.8 Å². The Labute approximate surface area is 473 Å². The SMILES string of the molecule is CCCCCC/C=C\CCCCCCCCCC(=O)OCC(COP(=O)(O)OC1C(OC2OC(CO)C(O)C(O)C2O)C(O)C(O)C(O)C1OC1OC(CO)C(O)C(O)C1O)OC(=O)CCCCC/C=C\CCCCCCCCC. The van der Waals surface area contributed by atoms with Crippen LogP contribution in [0.1, 0.15) is 187 Å². The molecule has 0 aromatic rings. The second-order valence-electron chi connectivity index (χ2n) is 21.5. The highest BCUT2D eigenvalue weighted by atomic mass is 31.2. The third kappa shape index (κ3) is 26.5. The fraction of sp³-hybridized carbons (Fsp3) is 0.893. The summed E-state index contributed by atoms with van der Waals surface area (Å²) >= 11 is 0. The molecule has 2 saturated heterocycles. The van der Waals surface area contributed by atoms with Gasteiger partial charge in [-0.25, -0.2) is 4.57 Å². The van der Waals surface area contributed by atoms with Gasteiger partial charge in [0.2, 0.25) is 0 Å². The Morgan fingerprint density at radius 3 is 1.25 bits per heavy atom. The second kappa shape index (κ2) is 41.1. The van der Waals surface area contributed by atoms with E-state index in [1.54, 1.807) is 0 Å². The van der Waals surface area contributed by atoms with Crippen molar-refractivity contribution >= 4 is 19.8 Å². The van der Waals surface area contributed by atoms with Gasteiger partial charge in [0.15, 0.2) is 18.7 Å². The van der Waals surface area contributed by atoms with Crippen molar-refractivity contribution in [2.24, 2.45) is 0 Å². The molecule has 16 atom stereocenters. The van der Waals surface area contributed by atoms with Crippen LogP contribution in [0, 0.1) is 0 Å².